The van der Waals surface area contributed by atoms with E-state index in [0.29, 0.717) is 19.3 Å². The van der Waals surface area contributed by atoms with Gasteiger partial charge in [-0.2, -0.15) is 0 Å². The van der Waals surface area contributed by atoms with E-state index in [-0.39, 0.29) is 30.1 Å². The molecule has 5 amide bonds. The SMILES string of the molecule is CC(C)CC(C)(CS(=O)(=O)C(C)(C)C)NC(=O)N[C@H](C(=O)N1CCC(C(C)(C)C)[C@H]1C(=O)NC(CC1CC1)C(=O)C(N)=O)C(C)(C)C. The molecule has 1 saturated heterocycles. The lowest BCUT2D eigenvalue weighted by Gasteiger charge is -2.39. The number of urea groups is 1. The minimum atomic E-state index is -3.61. The van der Waals surface area contributed by atoms with Crippen LogP contribution in [-0.4, -0.2) is 83.6 Å². The van der Waals surface area contributed by atoms with Crippen molar-refractivity contribution in [1.29, 1.82) is 0 Å². The van der Waals surface area contributed by atoms with E-state index in [1.165, 1.54) is 4.90 Å². The van der Waals surface area contributed by atoms with E-state index in [0.717, 1.165) is 12.8 Å². The van der Waals surface area contributed by atoms with Gasteiger partial charge in [0.25, 0.3) is 5.91 Å². The number of amides is 5. The monoisotopic (exact) mass is 683 g/mol. The summed E-state index contributed by atoms with van der Waals surface area (Å²) in [6, 6.07) is -3.79. The van der Waals surface area contributed by atoms with Crippen molar-refractivity contribution < 1.29 is 32.4 Å². The van der Waals surface area contributed by atoms with E-state index in [2.05, 4.69) is 16.0 Å². The number of hydrogen-bond donors (Lipinski definition) is 4. The molecule has 1 saturated carbocycles. The van der Waals surface area contributed by atoms with Gasteiger partial charge in [-0.05, 0) is 75.5 Å². The van der Waals surface area contributed by atoms with Gasteiger partial charge in [0.1, 0.15) is 12.1 Å². The predicted molar refractivity (Wildman–Crippen MR) is 183 cm³/mol. The number of carbonyl (C=O) groups is 5. The zero-order valence-corrected chi connectivity index (χ0v) is 31.5. The second-order valence-corrected chi connectivity index (χ2v) is 20.4. The molecule has 13 heteroatoms. The Labute approximate surface area is 282 Å². The summed E-state index contributed by atoms with van der Waals surface area (Å²) in [5.74, 6) is -3.25. The molecule has 0 aromatic rings. The first-order valence-corrected chi connectivity index (χ1v) is 18.5. The minimum absolute atomic E-state index is 0.0684. The molecule has 0 aromatic carbocycles. The van der Waals surface area contributed by atoms with Crippen LogP contribution in [0.15, 0.2) is 0 Å². The first-order valence-electron chi connectivity index (χ1n) is 16.8. The third-order valence-electron chi connectivity index (χ3n) is 9.31. The molecule has 0 radical (unpaired) electrons. The Morgan fingerprint density at radius 1 is 0.872 bits per heavy atom. The summed E-state index contributed by atoms with van der Waals surface area (Å²) in [5.41, 5.74) is 3.00. The Kier molecular flexibility index (Phi) is 12.4. The van der Waals surface area contributed by atoms with Gasteiger partial charge in [-0.25, -0.2) is 13.2 Å². The van der Waals surface area contributed by atoms with Gasteiger partial charge >= 0.3 is 6.03 Å². The Morgan fingerprint density at radius 3 is 1.85 bits per heavy atom. The van der Waals surface area contributed by atoms with Crippen molar-refractivity contribution in [3.8, 4) is 0 Å². The van der Waals surface area contributed by atoms with Gasteiger partial charge in [0.15, 0.2) is 9.84 Å². The normalized spacial score (nSPS) is 21.9. The van der Waals surface area contributed by atoms with Crippen LogP contribution in [0.4, 0.5) is 4.79 Å². The van der Waals surface area contributed by atoms with E-state index < -0.39 is 78.6 Å². The summed E-state index contributed by atoms with van der Waals surface area (Å²) in [6.07, 6.45) is 3.01. The fourth-order valence-electron chi connectivity index (χ4n) is 6.56. The van der Waals surface area contributed by atoms with Crippen molar-refractivity contribution in [2.45, 2.75) is 144 Å². The molecule has 0 spiro atoms. The van der Waals surface area contributed by atoms with Crippen LogP contribution < -0.4 is 21.7 Å². The van der Waals surface area contributed by atoms with Crippen molar-refractivity contribution in [1.82, 2.24) is 20.9 Å². The van der Waals surface area contributed by atoms with Gasteiger partial charge in [-0.3, -0.25) is 19.2 Å². The smallest absolute Gasteiger partial charge is 0.315 e. The van der Waals surface area contributed by atoms with Crippen molar-refractivity contribution in [3.05, 3.63) is 0 Å². The van der Waals surface area contributed by atoms with Crippen LogP contribution in [0.25, 0.3) is 0 Å². The largest absolute Gasteiger partial charge is 0.363 e. The average Bonchev–Trinajstić information content (AvgIpc) is 3.55. The Morgan fingerprint density at radius 2 is 1.43 bits per heavy atom. The van der Waals surface area contributed by atoms with E-state index in [1.807, 2.05) is 34.6 Å². The number of rotatable bonds is 13. The van der Waals surface area contributed by atoms with E-state index in [4.69, 9.17) is 5.73 Å². The maximum Gasteiger partial charge on any atom is 0.315 e. The van der Waals surface area contributed by atoms with Crippen LogP contribution in [0.1, 0.15) is 115 Å². The van der Waals surface area contributed by atoms with Crippen LogP contribution in [-0.2, 0) is 29.0 Å². The number of primary amides is 1. The molecule has 270 valence electrons. The van der Waals surface area contributed by atoms with E-state index >= 15 is 0 Å². The lowest BCUT2D eigenvalue weighted by Crippen LogP contribution is -2.63. The van der Waals surface area contributed by atoms with Crippen LogP contribution in [0.3, 0.4) is 0 Å². The standard InChI is InChI=1S/C34H61N5O7S/c1-20(2)18-34(12,19-47(45,46)33(9,10)11)38-30(44)37-26(32(6,7)8)29(43)39-16-15-22(31(3,4)5)24(39)28(42)36-23(17-21-13-14-21)25(40)27(35)41/h20-24,26H,13-19H2,1-12H3,(H2,35,41)(H,36,42)(H2,37,38,44)/t22?,23?,24-,26+,34?/m0/s1. The zero-order valence-electron chi connectivity index (χ0n) is 30.7. The topological polar surface area (TPSA) is 185 Å². The molecule has 1 aliphatic heterocycles. The summed E-state index contributed by atoms with van der Waals surface area (Å²) in [7, 11) is -3.61. The summed E-state index contributed by atoms with van der Waals surface area (Å²) in [4.78, 5) is 68.0. The fourth-order valence-corrected chi connectivity index (χ4v) is 8.02. The molecule has 5 atom stereocenters. The Hall–Kier alpha value is -2.70. The van der Waals surface area contributed by atoms with E-state index in [1.54, 1.807) is 48.5 Å². The third-order valence-corrected chi connectivity index (χ3v) is 12.2. The number of nitrogens with zero attached hydrogens (tertiary/aromatic N) is 1. The van der Waals surface area contributed by atoms with Crippen molar-refractivity contribution in [2.24, 2.45) is 34.3 Å². The average molecular weight is 684 g/mol. The molecule has 47 heavy (non-hydrogen) atoms. The van der Waals surface area contributed by atoms with Crippen LogP contribution in [0.5, 0.6) is 0 Å². The highest BCUT2D eigenvalue weighted by atomic mass is 32.2. The van der Waals surface area contributed by atoms with Crippen LogP contribution in [0, 0.1) is 28.6 Å². The zero-order chi connectivity index (χ0) is 36.5. The van der Waals surface area contributed by atoms with Gasteiger partial charge in [0.05, 0.1) is 22.1 Å². The molecule has 0 bridgehead atoms. The number of ketones is 1. The number of Topliss-reactive ketones (excluding diaryl/α,β-unsaturated/α-hetero) is 1. The van der Waals surface area contributed by atoms with Gasteiger partial charge < -0.3 is 26.6 Å². The number of likely N-dealkylation sites (tertiary alicyclic amines) is 1. The number of nitrogens with two attached hydrogens (primary N) is 1. The highest BCUT2D eigenvalue weighted by molar-refractivity contribution is 7.92. The van der Waals surface area contributed by atoms with Crippen LogP contribution >= 0.6 is 0 Å². The summed E-state index contributed by atoms with van der Waals surface area (Å²) < 4.78 is 25.4. The first kappa shape index (κ1) is 40.5. The lowest BCUT2D eigenvalue weighted by atomic mass is 9.75. The molecular weight excluding hydrogens is 622 g/mol. The van der Waals surface area contributed by atoms with Crippen LogP contribution in [0.2, 0.25) is 0 Å². The molecule has 1 heterocycles. The summed E-state index contributed by atoms with van der Waals surface area (Å²) in [6.45, 7) is 22.1. The maximum absolute atomic E-state index is 14.4. The van der Waals surface area contributed by atoms with Gasteiger partial charge in [-0.15, -0.1) is 0 Å². The van der Waals surface area contributed by atoms with E-state index in [9.17, 15) is 32.4 Å². The molecule has 2 rings (SSSR count). The second kappa shape index (κ2) is 14.4. The second-order valence-electron chi connectivity index (χ2n) is 17.6. The predicted octanol–water partition coefficient (Wildman–Crippen LogP) is 3.32. The molecule has 1 aliphatic carbocycles. The molecule has 2 fully saturated rings. The molecule has 2 aliphatic rings. The van der Waals surface area contributed by atoms with Crippen molar-refractivity contribution in [2.75, 3.05) is 12.3 Å². The van der Waals surface area contributed by atoms with Gasteiger partial charge in [0, 0.05) is 6.54 Å². The number of hydrogen-bond acceptors (Lipinski definition) is 7. The van der Waals surface area contributed by atoms with Crippen molar-refractivity contribution >= 4 is 39.4 Å². The van der Waals surface area contributed by atoms with Gasteiger partial charge in [0.2, 0.25) is 17.6 Å². The Bertz CT molecular complexity index is 1310. The minimum Gasteiger partial charge on any atom is -0.363 e. The van der Waals surface area contributed by atoms with Crippen molar-refractivity contribution in [3.63, 3.8) is 0 Å². The third kappa shape index (κ3) is 10.9. The molecule has 5 N–H and O–H groups in total. The number of carbonyl (C=O) groups excluding carboxylic acids is 5. The lowest BCUT2D eigenvalue weighted by molar-refractivity contribution is -0.145. The number of sulfone groups is 1. The maximum atomic E-state index is 14.4. The Balaban J connectivity index is 2.41. The quantitative estimate of drug-likeness (QED) is 0.215. The number of nitrogens with one attached hydrogen (secondary N) is 3. The highest BCUT2D eigenvalue weighted by Crippen LogP contribution is 2.40. The summed E-state index contributed by atoms with van der Waals surface area (Å²) >= 11 is 0. The molecule has 0 aromatic heterocycles. The first-order chi connectivity index (χ1) is 21.1. The highest BCUT2D eigenvalue weighted by Gasteiger charge is 2.50. The molecule has 12 nitrogen and oxygen atoms in total. The fraction of sp³-hybridized carbons (Fsp3) is 0.853. The van der Waals surface area contributed by atoms with Gasteiger partial charge in [-0.1, -0.05) is 68.2 Å². The molecular formula is C34H61N5O7S. The summed E-state index contributed by atoms with van der Waals surface area (Å²) in [5, 5.41) is 8.47. The molecule has 3 unspecified atom stereocenters.